The highest BCUT2D eigenvalue weighted by molar-refractivity contribution is 4.96. The minimum atomic E-state index is 0.515. The highest BCUT2D eigenvalue weighted by Crippen LogP contribution is 2.30. The van der Waals surface area contributed by atoms with Crippen LogP contribution in [0, 0.1) is 5.92 Å². The van der Waals surface area contributed by atoms with E-state index >= 15 is 0 Å². The average Bonchev–Trinajstić information content (AvgIpc) is 2.88. The maximum Gasteiger partial charge on any atom is 0.229 e. The lowest BCUT2D eigenvalue weighted by molar-refractivity contribution is 0.316. The summed E-state index contributed by atoms with van der Waals surface area (Å²) in [5, 5.41) is 7.68. The van der Waals surface area contributed by atoms with Gasteiger partial charge in [-0.25, -0.2) is 0 Å². The number of nitrogens with zero attached hydrogens (tertiary/aromatic N) is 2. The van der Waals surface area contributed by atoms with Crippen LogP contribution in [-0.2, 0) is 6.42 Å². The molecule has 2 heterocycles. The topological polar surface area (TPSA) is 51.0 Å². The number of piperidine rings is 1. The summed E-state index contributed by atoms with van der Waals surface area (Å²) < 4.78 is 5.56. The zero-order valence-electron chi connectivity index (χ0n) is 12.4. The zero-order valence-corrected chi connectivity index (χ0v) is 12.4. The summed E-state index contributed by atoms with van der Waals surface area (Å²) in [6.45, 7) is 2.27. The van der Waals surface area contributed by atoms with E-state index in [-0.39, 0.29) is 0 Å². The van der Waals surface area contributed by atoms with E-state index < -0.39 is 0 Å². The normalized spacial score (nSPS) is 26.1. The Labute approximate surface area is 121 Å². The first-order chi connectivity index (χ1) is 9.92. The Kier molecular flexibility index (Phi) is 5.06. The predicted molar refractivity (Wildman–Crippen MR) is 78.7 cm³/mol. The van der Waals surface area contributed by atoms with Gasteiger partial charge in [-0.2, -0.15) is 4.98 Å². The van der Waals surface area contributed by atoms with Crippen molar-refractivity contribution in [2.24, 2.45) is 5.92 Å². The van der Waals surface area contributed by atoms with Crippen LogP contribution in [0.5, 0.6) is 0 Å². The van der Waals surface area contributed by atoms with Crippen molar-refractivity contribution in [3.8, 4) is 0 Å². The Bertz CT molecular complexity index is 390. The third-order valence-corrected chi connectivity index (χ3v) is 4.81. The van der Waals surface area contributed by atoms with Gasteiger partial charge in [-0.15, -0.1) is 0 Å². The number of hydrogen-bond donors (Lipinski definition) is 1. The van der Waals surface area contributed by atoms with Crippen LogP contribution in [0.15, 0.2) is 4.52 Å². The molecule has 1 N–H and O–H groups in total. The molecule has 1 unspecified atom stereocenters. The van der Waals surface area contributed by atoms with E-state index in [2.05, 4.69) is 10.5 Å². The summed E-state index contributed by atoms with van der Waals surface area (Å²) >= 11 is 0. The molecule has 2 aliphatic rings. The van der Waals surface area contributed by atoms with E-state index in [9.17, 15) is 0 Å². The van der Waals surface area contributed by atoms with Crippen LogP contribution in [0.2, 0.25) is 0 Å². The lowest BCUT2D eigenvalue weighted by Gasteiger charge is -2.21. The Hall–Kier alpha value is -0.900. The molecular formula is C16H27N3O. The van der Waals surface area contributed by atoms with Gasteiger partial charge in [-0.3, -0.25) is 0 Å². The van der Waals surface area contributed by atoms with E-state index in [1.165, 1.54) is 57.8 Å². The van der Waals surface area contributed by atoms with Crippen LogP contribution in [0.3, 0.4) is 0 Å². The molecular weight excluding hydrogens is 250 g/mol. The number of aromatic nitrogens is 2. The lowest BCUT2D eigenvalue weighted by Crippen LogP contribution is -2.31. The highest BCUT2D eigenvalue weighted by Gasteiger charge is 2.22. The molecule has 1 aromatic rings. The maximum absolute atomic E-state index is 5.56. The predicted octanol–water partition coefficient (Wildman–Crippen LogP) is 3.44. The van der Waals surface area contributed by atoms with Crippen LogP contribution in [0.1, 0.15) is 75.4 Å². The molecule has 0 radical (unpaired) electrons. The molecule has 1 atom stereocenters. The highest BCUT2D eigenvalue weighted by atomic mass is 16.5. The van der Waals surface area contributed by atoms with Crippen molar-refractivity contribution in [3.63, 3.8) is 0 Å². The van der Waals surface area contributed by atoms with Crippen molar-refractivity contribution in [2.75, 3.05) is 13.1 Å². The van der Waals surface area contributed by atoms with Crippen molar-refractivity contribution >= 4 is 0 Å². The first kappa shape index (κ1) is 14.1. The van der Waals surface area contributed by atoms with E-state index in [1.807, 2.05) is 0 Å². The maximum atomic E-state index is 5.56. The fourth-order valence-electron chi connectivity index (χ4n) is 3.58. The van der Waals surface area contributed by atoms with Crippen LogP contribution >= 0.6 is 0 Å². The van der Waals surface area contributed by atoms with Crippen LogP contribution in [0.25, 0.3) is 0 Å². The molecule has 0 amide bonds. The summed E-state index contributed by atoms with van der Waals surface area (Å²) in [5.74, 6) is 3.04. The molecule has 1 saturated carbocycles. The first-order valence-electron chi connectivity index (χ1n) is 8.45. The SMILES string of the molecule is C1CCCC(c2nc(CC3CCCNC3)no2)CCC1. The van der Waals surface area contributed by atoms with E-state index in [0.29, 0.717) is 11.8 Å². The summed E-state index contributed by atoms with van der Waals surface area (Å²) in [6, 6.07) is 0. The van der Waals surface area contributed by atoms with Crippen molar-refractivity contribution in [3.05, 3.63) is 11.7 Å². The van der Waals surface area contributed by atoms with Crippen molar-refractivity contribution in [1.29, 1.82) is 0 Å². The molecule has 20 heavy (non-hydrogen) atoms. The van der Waals surface area contributed by atoms with Crippen LogP contribution in [0.4, 0.5) is 0 Å². The van der Waals surface area contributed by atoms with Gasteiger partial charge in [0.1, 0.15) is 0 Å². The Morgan fingerprint density at radius 2 is 1.80 bits per heavy atom. The van der Waals surface area contributed by atoms with Gasteiger partial charge in [0.25, 0.3) is 0 Å². The molecule has 0 bridgehead atoms. The van der Waals surface area contributed by atoms with Gasteiger partial charge in [0.2, 0.25) is 5.89 Å². The van der Waals surface area contributed by atoms with Crippen LogP contribution in [-0.4, -0.2) is 23.2 Å². The summed E-state index contributed by atoms with van der Waals surface area (Å²) in [6.07, 6.45) is 12.8. The molecule has 1 aliphatic heterocycles. The van der Waals surface area contributed by atoms with Gasteiger partial charge in [-0.05, 0) is 44.7 Å². The first-order valence-corrected chi connectivity index (χ1v) is 8.45. The minimum Gasteiger partial charge on any atom is -0.339 e. The summed E-state index contributed by atoms with van der Waals surface area (Å²) in [4.78, 5) is 4.69. The second-order valence-corrected chi connectivity index (χ2v) is 6.51. The fraction of sp³-hybridized carbons (Fsp3) is 0.875. The number of nitrogens with one attached hydrogen (secondary N) is 1. The molecule has 112 valence electrons. The van der Waals surface area contributed by atoms with E-state index in [1.54, 1.807) is 0 Å². The minimum absolute atomic E-state index is 0.515. The zero-order chi connectivity index (χ0) is 13.6. The standard InChI is InChI=1S/C16H27N3O/c1-2-4-8-14(9-5-3-1)16-18-15(19-20-16)11-13-7-6-10-17-12-13/h13-14,17H,1-12H2. The third kappa shape index (κ3) is 3.81. The quantitative estimate of drug-likeness (QED) is 0.919. The monoisotopic (exact) mass is 277 g/mol. The summed E-state index contributed by atoms with van der Waals surface area (Å²) in [5.41, 5.74) is 0. The van der Waals surface area contributed by atoms with Gasteiger partial charge in [0, 0.05) is 12.3 Å². The Morgan fingerprint density at radius 3 is 2.55 bits per heavy atom. The fourth-order valence-corrected chi connectivity index (χ4v) is 3.58. The van der Waals surface area contributed by atoms with E-state index in [4.69, 9.17) is 9.51 Å². The van der Waals surface area contributed by atoms with Gasteiger partial charge in [0.05, 0.1) is 0 Å². The molecule has 0 spiro atoms. The molecule has 1 saturated heterocycles. The van der Waals surface area contributed by atoms with Crippen molar-refractivity contribution in [1.82, 2.24) is 15.5 Å². The van der Waals surface area contributed by atoms with Crippen molar-refractivity contribution in [2.45, 2.75) is 70.1 Å². The Balaban J connectivity index is 1.57. The number of rotatable bonds is 3. The smallest absolute Gasteiger partial charge is 0.229 e. The van der Waals surface area contributed by atoms with Crippen molar-refractivity contribution < 1.29 is 4.52 Å². The third-order valence-electron chi connectivity index (χ3n) is 4.81. The van der Waals surface area contributed by atoms with Gasteiger partial charge in [0.15, 0.2) is 5.82 Å². The molecule has 1 aliphatic carbocycles. The van der Waals surface area contributed by atoms with Gasteiger partial charge < -0.3 is 9.84 Å². The molecule has 4 heteroatoms. The van der Waals surface area contributed by atoms with Gasteiger partial charge in [-0.1, -0.05) is 37.3 Å². The average molecular weight is 277 g/mol. The largest absolute Gasteiger partial charge is 0.339 e. The second-order valence-electron chi connectivity index (χ2n) is 6.51. The second kappa shape index (κ2) is 7.21. The summed E-state index contributed by atoms with van der Waals surface area (Å²) in [7, 11) is 0. The molecule has 1 aromatic heterocycles. The van der Waals surface area contributed by atoms with Gasteiger partial charge >= 0.3 is 0 Å². The van der Waals surface area contributed by atoms with Crippen LogP contribution < -0.4 is 5.32 Å². The van der Waals surface area contributed by atoms with E-state index in [0.717, 1.165) is 31.2 Å². The molecule has 3 rings (SSSR count). The molecule has 0 aromatic carbocycles. The lowest BCUT2D eigenvalue weighted by atomic mass is 9.91. The molecule has 4 nitrogen and oxygen atoms in total. The Morgan fingerprint density at radius 1 is 1.00 bits per heavy atom. The molecule has 2 fully saturated rings. The number of hydrogen-bond acceptors (Lipinski definition) is 4.